The Balaban J connectivity index is 2.47. The van der Waals surface area contributed by atoms with Gasteiger partial charge in [0, 0.05) is 10.0 Å². The Labute approximate surface area is 143 Å². The molecule has 1 aliphatic heterocycles. The predicted molar refractivity (Wildman–Crippen MR) is 93.9 cm³/mol. The molecule has 1 aromatic rings. The van der Waals surface area contributed by atoms with E-state index in [4.69, 9.17) is 17.0 Å². The largest absolute Gasteiger partial charge is 0.489 e. The van der Waals surface area contributed by atoms with E-state index in [1.165, 1.54) is 11.8 Å². The average Bonchev–Trinajstić information content (AvgIpc) is 2.62. The Kier molecular flexibility index (Phi) is 5.28. The van der Waals surface area contributed by atoms with E-state index in [1.807, 2.05) is 26.0 Å². The van der Waals surface area contributed by atoms with Crippen molar-refractivity contribution in [2.24, 2.45) is 0 Å². The molecule has 1 aromatic carbocycles. The Bertz CT molecular complexity index is 615. The second kappa shape index (κ2) is 6.60. The van der Waals surface area contributed by atoms with Gasteiger partial charge in [-0.25, -0.2) is 0 Å². The maximum absolute atomic E-state index is 11.7. The number of thiocarbonyl (C=S) groups is 1. The number of carbonyl (C=O) groups excluding carboxylic acids is 1. The van der Waals surface area contributed by atoms with Crippen LogP contribution in [-0.2, 0) is 4.79 Å². The summed E-state index contributed by atoms with van der Waals surface area (Å²) in [6.45, 7) is 3.91. The van der Waals surface area contributed by atoms with Crippen LogP contribution in [-0.4, -0.2) is 16.3 Å². The second-order valence-corrected chi connectivity index (χ2v) is 7.81. The van der Waals surface area contributed by atoms with Gasteiger partial charge >= 0.3 is 0 Å². The molecule has 0 aliphatic carbocycles. The van der Waals surface area contributed by atoms with Gasteiger partial charge in [0.2, 0.25) is 0 Å². The van der Waals surface area contributed by atoms with Crippen molar-refractivity contribution in [1.82, 2.24) is 5.32 Å². The fourth-order valence-electron chi connectivity index (χ4n) is 1.61. The van der Waals surface area contributed by atoms with Crippen molar-refractivity contribution < 1.29 is 9.53 Å². The number of amides is 1. The van der Waals surface area contributed by atoms with Crippen molar-refractivity contribution >= 4 is 72.1 Å². The molecule has 1 fully saturated rings. The second-order valence-electron chi connectivity index (χ2n) is 4.32. The molecule has 1 amide bonds. The van der Waals surface area contributed by atoms with Gasteiger partial charge in [0.05, 0.1) is 15.5 Å². The summed E-state index contributed by atoms with van der Waals surface area (Å²) in [4.78, 5) is 12.3. The summed E-state index contributed by atoms with van der Waals surface area (Å²) in [5.41, 5.74) is 0.822. The molecule has 0 aromatic heterocycles. The summed E-state index contributed by atoms with van der Waals surface area (Å²) in [5.74, 6) is 0.536. The van der Waals surface area contributed by atoms with E-state index in [0.29, 0.717) is 15.0 Å². The lowest BCUT2D eigenvalue weighted by Gasteiger charge is -2.15. The minimum atomic E-state index is -0.174. The van der Waals surface area contributed by atoms with Crippen molar-refractivity contribution in [2.75, 3.05) is 0 Å². The van der Waals surface area contributed by atoms with Crippen LogP contribution in [0.4, 0.5) is 0 Å². The summed E-state index contributed by atoms with van der Waals surface area (Å²) in [6.07, 6.45) is 1.82. The minimum absolute atomic E-state index is 0.0377. The molecule has 106 valence electrons. The summed E-state index contributed by atoms with van der Waals surface area (Å²) >= 11 is 13.2. The minimum Gasteiger partial charge on any atom is -0.489 e. The quantitative estimate of drug-likeness (QED) is 0.559. The molecular formula is C13H11Br2NO2S2. The molecule has 0 bridgehead atoms. The van der Waals surface area contributed by atoms with Gasteiger partial charge in [-0.05, 0) is 48.0 Å². The standard InChI is InChI=1S/C13H11Br2NO2S2/c1-6(2)18-11-7(3-8(14)5-9(11)15)4-10-12(17)16-13(19)20-10/h3-6H,1-2H3,(H,16,17,19)/b10-4-. The zero-order valence-electron chi connectivity index (χ0n) is 10.7. The van der Waals surface area contributed by atoms with Crippen molar-refractivity contribution in [3.8, 4) is 5.75 Å². The van der Waals surface area contributed by atoms with Gasteiger partial charge < -0.3 is 10.1 Å². The van der Waals surface area contributed by atoms with Gasteiger partial charge in [0.25, 0.3) is 5.91 Å². The lowest BCUT2D eigenvalue weighted by molar-refractivity contribution is -0.115. The number of ether oxygens (including phenoxy) is 1. The molecule has 0 saturated carbocycles. The van der Waals surface area contributed by atoms with E-state index in [9.17, 15) is 4.79 Å². The van der Waals surface area contributed by atoms with E-state index < -0.39 is 0 Å². The van der Waals surface area contributed by atoms with Gasteiger partial charge in [-0.3, -0.25) is 4.79 Å². The fraction of sp³-hybridized carbons (Fsp3) is 0.231. The molecule has 7 heteroatoms. The van der Waals surface area contributed by atoms with E-state index in [-0.39, 0.29) is 12.0 Å². The van der Waals surface area contributed by atoms with E-state index in [0.717, 1.165) is 14.5 Å². The number of halogens is 2. The lowest BCUT2D eigenvalue weighted by Crippen LogP contribution is -2.17. The monoisotopic (exact) mass is 435 g/mol. The smallest absolute Gasteiger partial charge is 0.263 e. The number of nitrogens with one attached hydrogen (secondary N) is 1. The van der Waals surface area contributed by atoms with Crippen LogP contribution >= 0.6 is 55.8 Å². The van der Waals surface area contributed by atoms with Crippen LogP contribution in [0.25, 0.3) is 6.08 Å². The van der Waals surface area contributed by atoms with E-state index in [2.05, 4.69) is 37.2 Å². The van der Waals surface area contributed by atoms with E-state index in [1.54, 1.807) is 6.08 Å². The molecule has 0 radical (unpaired) electrons. The SMILES string of the molecule is CC(C)Oc1c(Br)cc(Br)cc1/C=C1\SC(=S)NC1=O. The Hall–Kier alpha value is -0.370. The molecule has 1 heterocycles. The summed E-state index contributed by atoms with van der Waals surface area (Å²) in [6, 6.07) is 3.82. The summed E-state index contributed by atoms with van der Waals surface area (Å²) in [5, 5.41) is 2.60. The fourth-order valence-corrected chi connectivity index (χ4v) is 4.00. The van der Waals surface area contributed by atoms with Crippen LogP contribution in [0.1, 0.15) is 19.4 Å². The predicted octanol–water partition coefficient (Wildman–Crippen LogP) is 4.49. The summed E-state index contributed by atoms with van der Waals surface area (Å²) < 4.78 is 8.02. The third-order valence-electron chi connectivity index (χ3n) is 2.32. The first-order chi connectivity index (χ1) is 9.36. The highest BCUT2D eigenvalue weighted by molar-refractivity contribution is 9.11. The molecule has 20 heavy (non-hydrogen) atoms. The molecule has 1 aliphatic rings. The van der Waals surface area contributed by atoms with E-state index >= 15 is 0 Å². The van der Waals surface area contributed by atoms with Gasteiger partial charge in [0.15, 0.2) is 0 Å². The molecule has 0 unspecified atom stereocenters. The molecule has 0 spiro atoms. The van der Waals surface area contributed by atoms with Crippen LogP contribution in [0.5, 0.6) is 5.75 Å². The first-order valence-corrected chi connectivity index (χ1v) is 8.58. The maximum Gasteiger partial charge on any atom is 0.263 e. The molecule has 0 atom stereocenters. The van der Waals surface area contributed by atoms with Crippen LogP contribution < -0.4 is 10.1 Å². The molecule has 1 saturated heterocycles. The zero-order chi connectivity index (χ0) is 14.9. The topological polar surface area (TPSA) is 38.3 Å². The van der Waals surface area contributed by atoms with Crippen molar-refractivity contribution in [1.29, 1.82) is 0 Å². The Morgan fingerprint density at radius 1 is 1.40 bits per heavy atom. The van der Waals surface area contributed by atoms with Crippen molar-refractivity contribution in [3.63, 3.8) is 0 Å². The first kappa shape index (κ1) is 16.0. The van der Waals surface area contributed by atoms with Gasteiger partial charge in [0.1, 0.15) is 10.1 Å². The summed E-state index contributed by atoms with van der Waals surface area (Å²) in [7, 11) is 0. The van der Waals surface area contributed by atoms with Crippen LogP contribution in [0.15, 0.2) is 26.0 Å². The van der Waals surface area contributed by atoms with Crippen LogP contribution in [0.2, 0.25) is 0 Å². The molecular weight excluding hydrogens is 426 g/mol. The number of rotatable bonds is 3. The highest BCUT2D eigenvalue weighted by Crippen LogP contribution is 2.37. The van der Waals surface area contributed by atoms with Gasteiger partial charge in [-0.1, -0.05) is 39.9 Å². The van der Waals surface area contributed by atoms with Gasteiger partial charge in [-0.15, -0.1) is 0 Å². The third-order valence-corrected chi connectivity index (χ3v) is 4.53. The van der Waals surface area contributed by atoms with Crippen molar-refractivity contribution in [3.05, 3.63) is 31.5 Å². The van der Waals surface area contributed by atoms with Crippen molar-refractivity contribution in [2.45, 2.75) is 20.0 Å². The Morgan fingerprint density at radius 3 is 2.65 bits per heavy atom. The normalized spacial score (nSPS) is 16.9. The number of thioether (sulfide) groups is 1. The zero-order valence-corrected chi connectivity index (χ0v) is 15.5. The molecule has 3 nitrogen and oxygen atoms in total. The lowest BCUT2D eigenvalue weighted by atomic mass is 10.2. The molecule has 1 N–H and O–H groups in total. The number of hydrogen-bond donors (Lipinski definition) is 1. The number of hydrogen-bond acceptors (Lipinski definition) is 4. The van der Waals surface area contributed by atoms with Crippen LogP contribution in [0.3, 0.4) is 0 Å². The first-order valence-electron chi connectivity index (χ1n) is 5.77. The highest BCUT2D eigenvalue weighted by Gasteiger charge is 2.23. The number of benzene rings is 1. The molecule has 2 rings (SSSR count). The maximum atomic E-state index is 11.7. The van der Waals surface area contributed by atoms with Gasteiger partial charge in [-0.2, -0.15) is 0 Å². The highest BCUT2D eigenvalue weighted by atomic mass is 79.9. The average molecular weight is 437 g/mol. The third kappa shape index (κ3) is 3.84. The van der Waals surface area contributed by atoms with Crippen LogP contribution in [0, 0.1) is 0 Å². The number of carbonyl (C=O) groups is 1. The Morgan fingerprint density at radius 2 is 2.10 bits per heavy atom.